The number of hydrogen-bond donors (Lipinski definition) is 0. The fourth-order valence-electron chi connectivity index (χ4n) is 3.76. The normalized spacial score (nSPS) is 14.4. The van der Waals surface area contributed by atoms with Crippen LogP contribution in [0.3, 0.4) is 0 Å². The monoisotopic (exact) mass is 434 g/mol. The molecule has 0 aliphatic heterocycles. The van der Waals surface area contributed by atoms with Gasteiger partial charge in [0, 0.05) is 54.2 Å². The molecule has 2 heterocycles. The second-order valence-corrected chi connectivity index (χ2v) is 8.57. The van der Waals surface area contributed by atoms with Crippen molar-refractivity contribution >= 4 is 21.4 Å². The Morgan fingerprint density at radius 3 is 2.58 bits per heavy atom. The molecule has 7 heteroatoms. The van der Waals surface area contributed by atoms with Crippen molar-refractivity contribution in [2.75, 3.05) is 0 Å². The Morgan fingerprint density at radius 2 is 1.87 bits per heavy atom. The topological polar surface area (TPSA) is 35.6 Å². The highest BCUT2D eigenvalue weighted by Crippen LogP contribution is 2.51. The average molecular weight is 434 g/mol. The van der Waals surface area contributed by atoms with Crippen LogP contribution in [-0.4, -0.2) is 4.57 Å². The number of hydrogen-bond acceptors (Lipinski definition) is 3. The van der Waals surface area contributed by atoms with Gasteiger partial charge in [0.15, 0.2) is 11.6 Å². The van der Waals surface area contributed by atoms with Gasteiger partial charge < -0.3 is 14.1 Å². The number of benzene rings is 2. The van der Waals surface area contributed by atoms with E-state index < -0.39 is 17.2 Å². The number of ether oxygens (including phenoxy) is 1. The molecular weight excluding hydrogens is 418 g/mol. The van der Waals surface area contributed by atoms with Crippen LogP contribution in [0.25, 0.3) is 26.1 Å². The van der Waals surface area contributed by atoms with E-state index in [1.807, 2.05) is 23.6 Å². The fourth-order valence-corrected chi connectivity index (χ4v) is 4.65. The minimum absolute atomic E-state index is 0.100. The number of rotatable bonds is 4. The minimum atomic E-state index is -0.809. The lowest BCUT2D eigenvalue weighted by Crippen LogP contribution is -2.15. The third-order valence-electron chi connectivity index (χ3n) is 5.65. The average Bonchev–Trinajstić information content (AvgIpc) is 3.41. The van der Waals surface area contributed by atoms with Crippen LogP contribution in [0, 0.1) is 18.2 Å². The SMILES string of the molecule is [C-]#[N+]C1(c2ccc(Oc3ccc(F)cc3F)c(-c3cn(C)c(=O)c4sccc34)c2)CC1. The van der Waals surface area contributed by atoms with Crippen LogP contribution in [-0.2, 0) is 12.6 Å². The molecule has 1 aliphatic rings. The minimum Gasteiger partial charge on any atom is -0.454 e. The first-order valence-electron chi connectivity index (χ1n) is 9.65. The van der Waals surface area contributed by atoms with Crippen LogP contribution >= 0.6 is 11.3 Å². The van der Waals surface area contributed by atoms with Crippen LogP contribution in [0.1, 0.15) is 18.4 Å². The molecule has 0 bridgehead atoms. The van der Waals surface area contributed by atoms with E-state index in [0.717, 1.165) is 41.5 Å². The molecule has 0 N–H and O–H groups in total. The predicted octanol–water partition coefficient (Wildman–Crippen LogP) is 6.25. The molecule has 1 fully saturated rings. The summed E-state index contributed by atoms with van der Waals surface area (Å²) in [6, 6.07) is 10.4. The van der Waals surface area contributed by atoms with Crippen molar-refractivity contribution in [1.29, 1.82) is 0 Å². The molecule has 0 atom stereocenters. The number of aromatic nitrogens is 1. The van der Waals surface area contributed by atoms with Crippen LogP contribution in [0.5, 0.6) is 11.5 Å². The summed E-state index contributed by atoms with van der Waals surface area (Å²) in [5, 5.41) is 2.61. The van der Waals surface area contributed by atoms with Gasteiger partial charge in [-0.15, -0.1) is 11.3 Å². The maximum absolute atomic E-state index is 14.3. The van der Waals surface area contributed by atoms with Gasteiger partial charge in [-0.05, 0) is 41.8 Å². The second-order valence-electron chi connectivity index (χ2n) is 7.65. The summed E-state index contributed by atoms with van der Waals surface area (Å²) < 4.78 is 35.6. The Kier molecular flexibility index (Phi) is 4.42. The van der Waals surface area contributed by atoms with Gasteiger partial charge in [-0.25, -0.2) is 15.4 Å². The molecular formula is C24H16F2N2O2S. The van der Waals surface area contributed by atoms with Gasteiger partial charge in [0.05, 0.1) is 0 Å². The zero-order valence-electron chi connectivity index (χ0n) is 16.5. The van der Waals surface area contributed by atoms with Gasteiger partial charge in [-0.2, -0.15) is 0 Å². The molecule has 0 unspecified atom stereocenters. The Bertz CT molecular complexity index is 1440. The van der Waals surface area contributed by atoms with Crippen molar-refractivity contribution in [3.8, 4) is 22.6 Å². The van der Waals surface area contributed by atoms with Crippen LogP contribution in [0.2, 0.25) is 0 Å². The first-order valence-corrected chi connectivity index (χ1v) is 10.5. The summed E-state index contributed by atoms with van der Waals surface area (Å²) >= 11 is 1.35. The van der Waals surface area contributed by atoms with Crippen LogP contribution in [0.15, 0.2) is 58.8 Å². The van der Waals surface area contributed by atoms with Gasteiger partial charge >= 0.3 is 0 Å². The van der Waals surface area contributed by atoms with Crippen LogP contribution < -0.4 is 10.3 Å². The largest absolute Gasteiger partial charge is 0.454 e. The highest BCUT2D eigenvalue weighted by molar-refractivity contribution is 7.17. The Hall–Kier alpha value is -3.50. The Morgan fingerprint density at radius 1 is 1.10 bits per heavy atom. The van der Waals surface area contributed by atoms with Crippen molar-refractivity contribution < 1.29 is 13.5 Å². The number of aryl methyl sites for hydroxylation is 1. The van der Waals surface area contributed by atoms with Gasteiger partial charge in [0.2, 0.25) is 0 Å². The molecule has 4 aromatic rings. The van der Waals surface area contributed by atoms with E-state index in [1.54, 1.807) is 19.3 Å². The third kappa shape index (κ3) is 3.20. The lowest BCUT2D eigenvalue weighted by atomic mass is 9.96. The van der Waals surface area contributed by atoms with Gasteiger partial charge in [0.25, 0.3) is 11.1 Å². The zero-order valence-corrected chi connectivity index (χ0v) is 17.3. The van der Waals surface area contributed by atoms with Crippen molar-refractivity contribution in [2.45, 2.75) is 18.4 Å². The maximum atomic E-state index is 14.3. The van der Waals surface area contributed by atoms with E-state index in [9.17, 15) is 13.6 Å². The molecule has 0 spiro atoms. The number of thiophene rings is 1. The highest BCUT2D eigenvalue weighted by Gasteiger charge is 2.52. The number of halogens is 2. The second kappa shape index (κ2) is 7.03. The molecule has 0 radical (unpaired) electrons. The first kappa shape index (κ1) is 19.5. The van der Waals surface area contributed by atoms with E-state index >= 15 is 0 Å². The third-order valence-corrected chi connectivity index (χ3v) is 6.55. The molecule has 31 heavy (non-hydrogen) atoms. The van der Waals surface area contributed by atoms with E-state index in [1.165, 1.54) is 22.0 Å². The van der Waals surface area contributed by atoms with Gasteiger partial charge in [-0.1, -0.05) is 0 Å². The zero-order chi connectivity index (χ0) is 21.8. The summed E-state index contributed by atoms with van der Waals surface area (Å²) in [5.41, 5.74) is 1.62. The summed E-state index contributed by atoms with van der Waals surface area (Å²) in [4.78, 5) is 16.3. The van der Waals surface area contributed by atoms with Crippen molar-refractivity contribution in [3.63, 3.8) is 0 Å². The molecule has 1 aliphatic carbocycles. The summed E-state index contributed by atoms with van der Waals surface area (Å²) in [6.07, 6.45) is 3.29. The molecule has 1 saturated carbocycles. The predicted molar refractivity (Wildman–Crippen MR) is 116 cm³/mol. The standard InChI is InChI=1S/C24H16F2N2O2S/c1-27-24(8-9-24)14-3-5-20(30-21-6-4-15(25)12-19(21)26)17(11-14)18-13-28(2)23(29)22-16(18)7-10-31-22/h3-7,10-13H,8-9H2,2H3. The van der Waals surface area contributed by atoms with E-state index in [4.69, 9.17) is 11.3 Å². The number of pyridine rings is 1. The number of fused-ring (bicyclic) bond motifs is 1. The Labute approximate surface area is 180 Å². The molecule has 0 amide bonds. The molecule has 0 saturated heterocycles. The van der Waals surface area contributed by atoms with E-state index in [0.29, 0.717) is 16.0 Å². The maximum Gasteiger partial charge on any atom is 0.268 e. The van der Waals surface area contributed by atoms with Crippen molar-refractivity contribution in [1.82, 2.24) is 4.57 Å². The Balaban J connectivity index is 1.74. The van der Waals surface area contributed by atoms with Gasteiger partial charge in [-0.3, -0.25) is 4.79 Å². The molecule has 2 aromatic heterocycles. The van der Waals surface area contributed by atoms with E-state index in [-0.39, 0.29) is 11.3 Å². The number of nitrogens with zero attached hydrogens (tertiary/aromatic N) is 2. The molecule has 154 valence electrons. The van der Waals surface area contributed by atoms with E-state index in [2.05, 4.69) is 4.85 Å². The lowest BCUT2D eigenvalue weighted by Gasteiger charge is -2.16. The highest BCUT2D eigenvalue weighted by atomic mass is 32.1. The smallest absolute Gasteiger partial charge is 0.268 e. The lowest BCUT2D eigenvalue weighted by molar-refractivity contribution is 0.439. The summed E-state index contributed by atoms with van der Waals surface area (Å²) in [5.74, 6) is -1.24. The summed E-state index contributed by atoms with van der Waals surface area (Å²) in [7, 11) is 1.68. The van der Waals surface area contributed by atoms with Crippen molar-refractivity contribution in [3.05, 3.63) is 93.0 Å². The fraction of sp³-hybridized carbons (Fsp3) is 0.167. The first-order chi connectivity index (χ1) is 14.9. The molecule has 4 nitrogen and oxygen atoms in total. The molecule has 2 aromatic carbocycles. The van der Waals surface area contributed by atoms with Crippen molar-refractivity contribution in [2.24, 2.45) is 7.05 Å². The molecule has 5 rings (SSSR count). The van der Waals surface area contributed by atoms with Gasteiger partial charge in [0.1, 0.15) is 16.3 Å². The van der Waals surface area contributed by atoms with Crippen LogP contribution in [0.4, 0.5) is 8.78 Å². The summed E-state index contributed by atoms with van der Waals surface area (Å²) in [6.45, 7) is 7.60. The quantitative estimate of drug-likeness (QED) is 0.356.